The second kappa shape index (κ2) is 12.9. The van der Waals surface area contributed by atoms with Crippen molar-refractivity contribution in [2.75, 3.05) is 5.32 Å². The number of carbonyl (C=O) groups excluding carboxylic acids is 3. The van der Waals surface area contributed by atoms with Gasteiger partial charge in [0.1, 0.15) is 5.70 Å². The first kappa shape index (κ1) is 29.8. The van der Waals surface area contributed by atoms with Crippen LogP contribution in [-0.2, 0) is 4.79 Å². The molecule has 0 aliphatic heterocycles. The number of rotatable bonds is 8. The van der Waals surface area contributed by atoms with Gasteiger partial charge in [0.2, 0.25) is 5.91 Å². The van der Waals surface area contributed by atoms with Crippen molar-refractivity contribution in [2.24, 2.45) is 0 Å². The molecule has 0 fully saturated rings. The van der Waals surface area contributed by atoms with Gasteiger partial charge in [-0.3, -0.25) is 19.0 Å². The topological polar surface area (TPSA) is 96.0 Å². The molecule has 1 unspecified atom stereocenters. The number of benzene rings is 5. The Kier molecular flexibility index (Phi) is 8.16. The standard InChI is InChI=1S/C39H30N4O3S/c1-25(39(46)43-35-20-9-6-17-31(35)32-18-7-10-21-36(32)43)47-29-15-11-14-28(23-29)41-38(45)34(42-37(44)26-12-3-2-4-13-26)22-27-24-40-33-19-8-5-16-30(27)33/h2-25,40H,1H3,(H,41,45)(H,42,44)/b34-22+. The summed E-state index contributed by atoms with van der Waals surface area (Å²) in [6.45, 7) is 1.89. The molecule has 0 spiro atoms. The predicted octanol–water partition coefficient (Wildman–Crippen LogP) is 8.51. The molecule has 230 valence electrons. The molecule has 0 aliphatic carbocycles. The van der Waals surface area contributed by atoms with E-state index < -0.39 is 17.1 Å². The lowest BCUT2D eigenvalue weighted by molar-refractivity contribution is -0.113. The van der Waals surface area contributed by atoms with Gasteiger partial charge in [-0.15, -0.1) is 11.8 Å². The number of para-hydroxylation sites is 3. The van der Waals surface area contributed by atoms with Gasteiger partial charge in [0.05, 0.1) is 16.3 Å². The van der Waals surface area contributed by atoms with Crippen molar-refractivity contribution in [2.45, 2.75) is 17.1 Å². The summed E-state index contributed by atoms with van der Waals surface area (Å²) in [5.74, 6) is -0.904. The van der Waals surface area contributed by atoms with Crippen LogP contribution >= 0.6 is 11.8 Å². The Balaban J connectivity index is 1.13. The van der Waals surface area contributed by atoms with E-state index in [9.17, 15) is 14.4 Å². The fourth-order valence-electron chi connectivity index (χ4n) is 5.75. The molecule has 7 aromatic rings. The van der Waals surface area contributed by atoms with Crippen LogP contribution in [0.2, 0.25) is 0 Å². The summed E-state index contributed by atoms with van der Waals surface area (Å²) in [4.78, 5) is 44.8. The molecule has 3 N–H and O–H groups in total. The summed E-state index contributed by atoms with van der Waals surface area (Å²) in [5, 5.41) is 8.33. The Labute approximate surface area is 275 Å². The lowest BCUT2D eigenvalue weighted by Gasteiger charge is -2.15. The highest BCUT2D eigenvalue weighted by Gasteiger charge is 2.22. The Hall–Kier alpha value is -5.86. The number of thioether (sulfide) groups is 1. The van der Waals surface area contributed by atoms with Crippen LogP contribution in [0.5, 0.6) is 0 Å². The minimum atomic E-state index is -0.476. The van der Waals surface area contributed by atoms with Gasteiger partial charge in [0.15, 0.2) is 0 Å². The van der Waals surface area contributed by atoms with E-state index >= 15 is 0 Å². The molecule has 0 bridgehead atoms. The second-order valence-electron chi connectivity index (χ2n) is 11.1. The fraction of sp³-hybridized carbons (Fsp3) is 0.0513. The molecule has 0 radical (unpaired) electrons. The molecule has 47 heavy (non-hydrogen) atoms. The van der Waals surface area contributed by atoms with E-state index in [4.69, 9.17) is 0 Å². The summed E-state index contributed by atoms with van der Waals surface area (Å²) >= 11 is 1.42. The van der Waals surface area contributed by atoms with E-state index in [1.807, 2.05) is 104 Å². The van der Waals surface area contributed by atoms with Crippen molar-refractivity contribution in [3.63, 3.8) is 0 Å². The number of hydrogen-bond acceptors (Lipinski definition) is 4. The Morgan fingerprint density at radius 3 is 2.11 bits per heavy atom. The van der Waals surface area contributed by atoms with E-state index in [2.05, 4.69) is 15.6 Å². The number of hydrogen-bond donors (Lipinski definition) is 3. The van der Waals surface area contributed by atoms with Gasteiger partial charge >= 0.3 is 0 Å². The highest BCUT2D eigenvalue weighted by molar-refractivity contribution is 8.00. The maximum Gasteiger partial charge on any atom is 0.272 e. The molecule has 7 rings (SSSR count). The zero-order chi connectivity index (χ0) is 32.3. The second-order valence-corrected chi connectivity index (χ2v) is 12.5. The number of aromatic amines is 1. The van der Waals surface area contributed by atoms with Gasteiger partial charge in [-0.2, -0.15) is 0 Å². The van der Waals surface area contributed by atoms with Crippen molar-refractivity contribution in [3.8, 4) is 0 Å². The van der Waals surface area contributed by atoms with E-state index in [1.54, 1.807) is 47.2 Å². The van der Waals surface area contributed by atoms with E-state index in [0.29, 0.717) is 11.3 Å². The summed E-state index contributed by atoms with van der Waals surface area (Å²) in [6.07, 6.45) is 3.47. The van der Waals surface area contributed by atoms with Crippen LogP contribution < -0.4 is 10.6 Å². The average Bonchev–Trinajstić information content (AvgIpc) is 3.67. The quantitative estimate of drug-likeness (QED) is 0.115. The van der Waals surface area contributed by atoms with Crippen molar-refractivity contribution in [1.29, 1.82) is 0 Å². The molecule has 2 amide bonds. The van der Waals surface area contributed by atoms with Gasteiger partial charge < -0.3 is 15.6 Å². The highest BCUT2D eigenvalue weighted by atomic mass is 32.2. The molecule has 0 saturated heterocycles. The number of nitrogens with zero attached hydrogens (tertiary/aromatic N) is 1. The van der Waals surface area contributed by atoms with Crippen LogP contribution in [0.1, 0.15) is 27.6 Å². The largest absolute Gasteiger partial charge is 0.361 e. The monoisotopic (exact) mass is 634 g/mol. The molecule has 5 aromatic carbocycles. The molecule has 0 saturated carbocycles. The van der Waals surface area contributed by atoms with Crippen LogP contribution in [0.4, 0.5) is 5.69 Å². The maximum atomic E-state index is 13.9. The van der Waals surface area contributed by atoms with Crippen molar-refractivity contribution in [3.05, 3.63) is 150 Å². The third-order valence-corrected chi connectivity index (χ3v) is 9.08. The SMILES string of the molecule is CC(Sc1cccc(NC(=O)/C(=C\c2c[nH]c3ccccc23)NC(=O)c2ccccc2)c1)C(=O)n1c2ccccc2c2ccccc21. The van der Waals surface area contributed by atoms with Crippen LogP contribution in [0.15, 0.2) is 144 Å². The maximum absolute atomic E-state index is 13.9. The number of nitrogens with one attached hydrogen (secondary N) is 3. The fourth-order valence-corrected chi connectivity index (χ4v) is 6.72. The summed E-state index contributed by atoms with van der Waals surface area (Å²) in [5.41, 5.74) is 4.50. The number of aromatic nitrogens is 2. The van der Waals surface area contributed by atoms with Gasteiger partial charge in [-0.25, -0.2) is 0 Å². The lowest BCUT2D eigenvalue weighted by atomic mass is 10.1. The number of carbonyl (C=O) groups is 3. The van der Waals surface area contributed by atoms with Crippen molar-refractivity contribution < 1.29 is 14.4 Å². The molecular formula is C39H30N4O3S. The molecule has 7 nitrogen and oxygen atoms in total. The molecule has 8 heteroatoms. The van der Waals surface area contributed by atoms with Gasteiger partial charge in [0, 0.05) is 49.6 Å². The third-order valence-electron chi connectivity index (χ3n) is 8.00. The average molecular weight is 635 g/mol. The van der Waals surface area contributed by atoms with Crippen LogP contribution in [0.25, 0.3) is 38.8 Å². The molecule has 0 aliphatic rings. The van der Waals surface area contributed by atoms with Gasteiger partial charge in [-0.1, -0.05) is 78.9 Å². The molecule has 1 atom stereocenters. The number of H-pyrrole nitrogens is 1. The van der Waals surface area contributed by atoms with Crippen LogP contribution in [0.3, 0.4) is 0 Å². The van der Waals surface area contributed by atoms with Crippen LogP contribution in [0, 0.1) is 0 Å². The smallest absolute Gasteiger partial charge is 0.272 e. The highest BCUT2D eigenvalue weighted by Crippen LogP contribution is 2.32. The first-order valence-corrected chi connectivity index (χ1v) is 16.1. The minimum Gasteiger partial charge on any atom is -0.361 e. The molecular weight excluding hydrogens is 605 g/mol. The summed E-state index contributed by atoms with van der Waals surface area (Å²) in [6, 6.07) is 39.7. The predicted molar refractivity (Wildman–Crippen MR) is 191 cm³/mol. The van der Waals surface area contributed by atoms with E-state index in [-0.39, 0.29) is 11.6 Å². The number of anilines is 1. The lowest BCUT2D eigenvalue weighted by Crippen LogP contribution is -2.30. The zero-order valence-electron chi connectivity index (χ0n) is 25.4. The van der Waals surface area contributed by atoms with Crippen molar-refractivity contribution >= 4 is 74.0 Å². The molecule has 2 heterocycles. The van der Waals surface area contributed by atoms with Gasteiger partial charge in [-0.05, 0) is 61.5 Å². The third kappa shape index (κ3) is 6.06. The normalized spacial score (nSPS) is 12.3. The first-order valence-electron chi connectivity index (χ1n) is 15.2. The minimum absolute atomic E-state index is 0.0330. The van der Waals surface area contributed by atoms with Gasteiger partial charge in [0.25, 0.3) is 11.8 Å². The van der Waals surface area contributed by atoms with E-state index in [1.165, 1.54) is 11.8 Å². The Morgan fingerprint density at radius 1 is 0.745 bits per heavy atom. The van der Waals surface area contributed by atoms with Crippen LogP contribution in [-0.4, -0.2) is 32.5 Å². The van der Waals surface area contributed by atoms with Crippen molar-refractivity contribution in [1.82, 2.24) is 14.9 Å². The molecule has 2 aromatic heterocycles. The Bertz CT molecular complexity index is 2270. The Morgan fingerprint density at radius 2 is 1.38 bits per heavy atom. The first-order chi connectivity index (χ1) is 23.0. The zero-order valence-corrected chi connectivity index (χ0v) is 26.3. The number of amides is 2. The van der Waals surface area contributed by atoms with E-state index in [0.717, 1.165) is 43.2 Å². The summed E-state index contributed by atoms with van der Waals surface area (Å²) in [7, 11) is 0. The number of fused-ring (bicyclic) bond motifs is 4. The summed E-state index contributed by atoms with van der Waals surface area (Å²) < 4.78 is 1.80.